The highest BCUT2D eigenvalue weighted by atomic mass is 16.5. The Bertz CT molecular complexity index is 127. The van der Waals surface area contributed by atoms with E-state index < -0.39 is 0 Å². The minimum atomic E-state index is 0.633. The van der Waals surface area contributed by atoms with Gasteiger partial charge in [0.15, 0.2) is 0 Å². The number of hydrogen-bond donors (Lipinski definition) is 3. The van der Waals surface area contributed by atoms with Crippen molar-refractivity contribution in [2.45, 2.75) is 13.3 Å². The Morgan fingerprint density at radius 3 is 2.83 bits per heavy atom. The molecule has 0 saturated heterocycles. The molecule has 5 nitrogen and oxygen atoms in total. The second-order valence-electron chi connectivity index (χ2n) is 2.25. The molecule has 0 aromatic carbocycles. The van der Waals surface area contributed by atoms with E-state index in [1.165, 1.54) is 0 Å². The fourth-order valence-corrected chi connectivity index (χ4v) is 0.720. The van der Waals surface area contributed by atoms with Gasteiger partial charge in [0.05, 0.1) is 0 Å². The van der Waals surface area contributed by atoms with E-state index in [4.69, 9.17) is 10.6 Å². The van der Waals surface area contributed by atoms with Crippen LogP contribution in [0.3, 0.4) is 0 Å². The maximum Gasteiger partial charge on any atom is 0.205 e. The molecule has 0 amide bonds. The molecule has 0 heterocycles. The van der Waals surface area contributed by atoms with Gasteiger partial charge in [0.2, 0.25) is 5.96 Å². The zero-order chi connectivity index (χ0) is 9.23. The number of nitrogens with two attached hydrogens (primary N) is 1. The summed E-state index contributed by atoms with van der Waals surface area (Å²) in [6.45, 7) is 4.25. The predicted molar refractivity (Wildman–Crippen MR) is 49.8 cm³/mol. The van der Waals surface area contributed by atoms with Gasteiger partial charge in [-0.2, -0.15) is 0 Å². The molecule has 0 aliphatic rings. The molecule has 0 aromatic heterocycles. The van der Waals surface area contributed by atoms with Gasteiger partial charge in [0.1, 0.15) is 0 Å². The van der Waals surface area contributed by atoms with Crippen molar-refractivity contribution in [1.29, 1.82) is 0 Å². The number of hydrazine groups is 1. The topological polar surface area (TPSA) is 71.7 Å². The first-order valence-corrected chi connectivity index (χ1v) is 4.09. The van der Waals surface area contributed by atoms with Gasteiger partial charge in [-0.3, -0.25) is 10.4 Å². The summed E-state index contributed by atoms with van der Waals surface area (Å²) in [7, 11) is 1.68. The van der Waals surface area contributed by atoms with E-state index in [2.05, 4.69) is 15.7 Å². The van der Waals surface area contributed by atoms with Crippen molar-refractivity contribution in [2.24, 2.45) is 10.8 Å². The lowest BCUT2D eigenvalue weighted by Crippen LogP contribution is -2.41. The Morgan fingerprint density at radius 2 is 2.33 bits per heavy atom. The molecule has 0 atom stereocenters. The number of nitrogens with zero attached hydrogens (tertiary/aromatic N) is 1. The normalized spacial score (nSPS) is 11.4. The van der Waals surface area contributed by atoms with Crippen LogP contribution in [0.25, 0.3) is 0 Å². The first kappa shape index (κ1) is 11.2. The van der Waals surface area contributed by atoms with Gasteiger partial charge in [-0.05, 0) is 13.3 Å². The summed E-state index contributed by atoms with van der Waals surface area (Å²) in [5.74, 6) is 5.83. The molecule has 4 N–H and O–H groups in total. The highest BCUT2D eigenvalue weighted by Crippen LogP contribution is 1.81. The molecule has 0 unspecified atom stereocenters. The molecule has 0 radical (unpaired) electrons. The third kappa shape index (κ3) is 5.94. The average molecular weight is 174 g/mol. The summed E-state index contributed by atoms with van der Waals surface area (Å²) in [5.41, 5.74) is 2.48. The van der Waals surface area contributed by atoms with Crippen LogP contribution in [0.5, 0.6) is 0 Å². The van der Waals surface area contributed by atoms with Crippen LogP contribution < -0.4 is 16.6 Å². The summed E-state index contributed by atoms with van der Waals surface area (Å²) in [6.07, 6.45) is 0.910. The maximum absolute atomic E-state index is 5.20. The fraction of sp³-hybridized carbons (Fsp3) is 0.857. The van der Waals surface area contributed by atoms with Crippen LogP contribution in [0.15, 0.2) is 4.99 Å². The maximum atomic E-state index is 5.20. The molecule has 0 aromatic rings. The minimum absolute atomic E-state index is 0.633. The van der Waals surface area contributed by atoms with E-state index in [0.717, 1.165) is 26.1 Å². The number of methoxy groups -OCH3 is 1. The molecule has 0 spiro atoms. The molecular formula is C7H18N4O. The summed E-state index contributed by atoms with van der Waals surface area (Å²) in [6, 6.07) is 0. The molecule has 0 aliphatic heterocycles. The molecule has 5 heteroatoms. The van der Waals surface area contributed by atoms with Crippen LogP contribution in [0.2, 0.25) is 0 Å². The summed E-state index contributed by atoms with van der Waals surface area (Å²) in [4.78, 5) is 4.16. The van der Waals surface area contributed by atoms with Crippen LogP contribution in [-0.2, 0) is 4.74 Å². The molecule has 12 heavy (non-hydrogen) atoms. The standard InChI is InChI=1S/C7H18N4O/c1-3-9-7(11-8)10-5-4-6-12-2/h3-6,8H2,1-2H3,(H2,9,10,11). The van der Waals surface area contributed by atoms with Gasteiger partial charge < -0.3 is 10.1 Å². The van der Waals surface area contributed by atoms with Crippen molar-refractivity contribution < 1.29 is 4.74 Å². The SMILES string of the molecule is CCNC(=NCCCOC)NN. The first-order valence-electron chi connectivity index (χ1n) is 4.09. The molecule has 0 fully saturated rings. The Kier molecular flexibility index (Phi) is 7.73. The lowest BCUT2D eigenvalue weighted by Gasteiger charge is -2.05. The third-order valence-electron chi connectivity index (χ3n) is 1.26. The molecule has 72 valence electrons. The lowest BCUT2D eigenvalue weighted by atomic mass is 10.5. The minimum Gasteiger partial charge on any atom is -0.385 e. The first-order chi connectivity index (χ1) is 5.85. The van der Waals surface area contributed by atoms with Gasteiger partial charge in [-0.25, -0.2) is 5.84 Å². The van der Waals surface area contributed by atoms with Gasteiger partial charge in [-0.1, -0.05) is 0 Å². The van der Waals surface area contributed by atoms with Crippen molar-refractivity contribution in [2.75, 3.05) is 26.8 Å². The van der Waals surface area contributed by atoms with Gasteiger partial charge in [0.25, 0.3) is 0 Å². The second-order valence-corrected chi connectivity index (χ2v) is 2.25. The largest absolute Gasteiger partial charge is 0.385 e. The van der Waals surface area contributed by atoms with Gasteiger partial charge in [0, 0.05) is 26.8 Å². The average Bonchev–Trinajstić information content (AvgIpc) is 2.10. The Labute approximate surface area is 73.3 Å². The molecule has 0 saturated carbocycles. The summed E-state index contributed by atoms with van der Waals surface area (Å²) < 4.78 is 4.88. The highest BCUT2D eigenvalue weighted by Gasteiger charge is 1.90. The Balaban J connectivity index is 3.48. The number of ether oxygens (including phenoxy) is 1. The van der Waals surface area contributed by atoms with E-state index in [9.17, 15) is 0 Å². The van der Waals surface area contributed by atoms with Crippen LogP contribution in [0, 0.1) is 0 Å². The van der Waals surface area contributed by atoms with Crippen molar-refractivity contribution in [3.63, 3.8) is 0 Å². The van der Waals surface area contributed by atoms with Crippen molar-refractivity contribution in [3.8, 4) is 0 Å². The smallest absolute Gasteiger partial charge is 0.205 e. The number of guanidine groups is 1. The van der Waals surface area contributed by atoms with Crippen LogP contribution in [0.1, 0.15) is 13.3 Å². The number of rotatable bonds is 5. The van der Waals surface area contributed by atoms with E-state index in [0.29, 0.717) is 5.96 Å². The highest BCUT2D eigenvalue weighted by molar-refractivity contribution is 5.78. The zero-order valence-corrected chi connectivity index (χ0v) is 7.76. The van der Waals surface area contributed by atoms with Crippen LogP contribution >= 0.6 is 0 Å². The molecular weight excluding hydrogens is 156 g/mol. The van der Waals surface area contributed by atoms with Crippen molar-refractivity contribution >= 4 is 5.96 Å². The van der Waals surface area contributed by atoms with Gasteiger partial charge >= 0.3 is 0 Å². The number of nitrogens with one attached hydrogen (secondary N) is 2. The van der Waals surface area contributed by atoms with Crippen molar-refractivity contribution in [1.82, 2.24) is 10.7 Å². The monoisotopic (exact) mass is 174 g/mol. The summed E-state index contributed by atoms with van der Waals surface area (Å²) in [5, 5.41) is 2.98. The summed E-state index contributed by atoms with van der Waals surface area (Å²) >= 11 is 0. The van der Waals surface area contributed by atoms with Crippen LogP contribution in [0.4, 0.5) is 0 Å². The van der Waals surface area contributed by atoms with E-state index >= 15 is 0 Å². The second kappa shape index (κ2) is 8.29. The zero-order valence-electron chi connectivity index (χ0n) is 7.76. The van der Waals surface area contributed by atoms with Crippen molar-refractivity contribution in [3.05, 3.63) is 0 Å². The number of hydrogen-bond acceptors (Lipinski definition) is 3. The van der Waals surface area contributed by atoms with E-state index in [1.54, 1.807) is 7.11 Å². The quantitative estimate of drug-likeness (QED) is 0.172. The van der Waals surface area contributed by atoms with Crippen LogP contribution in [-0.4, -0.2) is 32.8 Å². The molecule has 0 aliphatic carbocycles. The predicted octanol–water partition coefficient (Wildman–Crippen LogP) is -0.548. The fourth-order valence-electron chi connectivity index (χ4n) is 0.720. The molecule has 0 rings (SSSR count). The van der Waals surface area contributed by atoms with E-state index in [-0.39, 0.29) is 0 Å². The Morgan fingerprint density at radius 1 is 1.58 bits per heavy atom. The molecule has 0 bridgehead atoms. The van der Waals surface area contributed by atoms with E-state index in [1.807, 2.05) is 6.92 Å². The Hall–Kier alpha value is -0.810. The third-order valence-corrected chi connectivity index (χ3v) is 1.26. The van der Waals surface area contributed by atoms with Gasteiger partial charge in [-0.15, -0.1) is 0 Å². The number of aliphatic imine (C=N–C) groups is 1. The lowest BCUT2D eigenvalue weighted by molar-refractivity contribution is 0.197.